The number of nitrogens with zero attached hydrogens (tertiary/aromatic N) is 1. The molecule has 0 saturated carbocycles. The molecule has 2 heterocycles. The number of hydrogen-bond donors (Lipinski definition) is 3. The van der Waals surface area contributed by atoms with Gasteiger partial charge >= 0.3 is 0 Å². The van der Waals surface area contributed by atoms with Crippen LogP contribution < -0.4 is 10.6 Å². The van der Waals surface area contributed by atoms with Crippen molar-refractivity contribution in [1.82, 2.24) is 20.8 Å². The van der Waals surface area contributed by atoms with E-state index in [1.54, 1.807) is 18.4 Å². The maximum Gasteiger partial charge on any atom is 0.271 e. The summed E-state index contributed by atoms with van der Waals surface area (Å²) in [6, 6.07) is 5.27. The van der Waals surface area contributed by atoms with Crippen molar-refractivity contribution in [3.8, 4) is 11.5 Å². The van der Waals surface area contributed by atoms with Crippen LogP contribution in [0.2, 0.25) is 0 Å². The van der Waals surface area contributed by atoms with E-state index in [1.807, 2.05) is 13.1 Å². The molecule has 0 atom stereocenters. The highest BCUT2D eigenvalue weighted by molar-refractivity contribution is 5.93. The van der Waals surface area contributed by atoms with Crippen molar-refractivity contribution in [3.05, 3.63) is 30.2 Å². The Morgan fingerprint density at radius 1 is 1.50 bits per heavy atom. The monoisotopic (exact) mass is 248 g/mol. The lowest BCUT2D eigenvalue weighted by molar-refractivity contribution is 0.0948. The molecule has 3 N–H and O–H groups in total. The van der Waals surface area contributed by atoms with Gasteiger partial charge in [0.1, 0.15) is 5.69 Å². The van der Waals surface area contributed by atoms with Gasteiger partial charge in [-0.3, -0.25) is 9.89 Å². The first-order chi connectivity index (χ1) is 8.81. The largest absolute Gasteiger partial charge is 0.463 e. The summed E-state index contributed by atoms with van der Waals surface area (Å²) in [6.07, 6.45) is 2.46. The number of carbonyl (C=O) groups is 1. The molecule has 0 saturated heterocycles. The number of H-pyrrole nitrogens is 1. The Balaban J connectivity index is 1.91. The van der Waals surface area contributed by atoms with E-state index in [4.69, 9.17) is 4.42 Å². The zero-order chi connectivity index (χ0) is 12.8. The molecule has 0 aliphatic rings. The van der Waals surface area contributed by atoms with Crippen LogP contribution in [0.25, 0.3) is 11.5 Å². The Morgan fingerprint density at radius 2 is 2.39 bits per heavy atom. The van der Waals surface area contributed by atoms with Crippen LogP contribution in [0.15, 0.2) is 28.9 Å². The molecule has 0 aliphatic heterocycles. The van der Waals surface area contributed by atoms with Gasteiger partial charge in [0.2, 0.25) is 0 Å². The van der Waals surface area contributed by atoms with Crippen molar-refractivity contribution in [2.45, 2.75) is 6.42 Å². The summed E-state index contributed by atoms with van der Waals surface area (Å²) in [7, 11) is 1.88. The lowest BCUT2D eigenvalue weighted by atomic mass is 10.3. The topological polar surface area (TPSA) is 83.0 Å². The van der Waals surface area contributed by atoms with E-state index in [-0.39, 0.29) is 5.91 Å². The third kappa shape index (κ3) is 2.98. The molecule has 2 aromatic heterocycles. The average molecular weight is 248 g/mol. The first kappa shape index (κ1) is 12.4. The van der Waals surface area contributed by atoms with Crippen LogP contribution >= 0.6 is 0 Å². The van der Waals surface area contributed by atoms with Crippen molar-refractivity contribution in [3.63, 3.8) is 0 Å². The average Bonchev–Trinajstić information content (AvgIpc) is 3.03. The molecule has 2 rings (SSSR count). The molecule has 0 aliphatic carbocycles. The minimum atomic E-state index is -0.180. The SMILES string of the molecule is CNCCCNC(=O)c1cc(-c2ccco2)[nH]n1. The molecule has 1 amide bonds. The van der Waals surface area contributed by atoms with Gasteiger partial charge in [0.25, 0.3) is 5.91 Å². The van der Waals surface area contributed by atoms with Gasteiger partial charge in [-0.05, 0) is 32.1 Å². The fourth-order valence-corrected chi connectivity index (χ4v) is 1.55. The third-order valence-electron chi connectivity index (χ3n) is 2.49. The minimum Gasteiger partial charge on any atom is -0.463 e. The Labute approximate surface area is 105 Å². The van der Waals surface area contributed by atoms with Gasteiger partial charge in [0.05, 0.1) is 6.26 Å². The number of rotatable bonds is 6. The van der Waals surface area contributed by atoms with Gasteiger partial charge in [-0.1, -0.05) is 0 Å². The highest BCUT2D eigenvalue weighted by Crippen LogP contribution is 2.17. The van der Waals surface area contributed by atoms with Crippen LogP contribution in [0.4, 0.5) is 0 Å². The Morgan fingerprint density at radius 3 is 3.11 bits per heavy atom. The second-order valence-corrected chi connectivity index (χ2v) is 3.86. The van der Waals surface area contributed by atoms with Crippen LogP contribution in [0.3, 0.4) is 0 Å². The van der Waals surface area contributed by atoms with Crippen molar-refractivity contribution in [2.75, 3.05) is 20.1 Å². The van der Waals surface area contributed by atoms with Crippen LogP contribution in [-0.4, -0.2) is 36.2 Å². The molecule has 0 aromatic carbocycles. The molecule has 0 bridgehead atoms. The molecule has 0 spiro atoms. The molecular weight excluding hydrogens is 232 g/mol. The van der Waals surface area contributed by atoms with Crippen LogP contribution in [-0.2, 0) is 0 Å². The quantitative estimate of drug-likeness (QED) is 0.666. The standard InChI is InChI=1S/C12H16N4O2/c1-13-5-3-6-14-12(17)10-8-9(15-16-10)11-4-2-7-18-11/h2,4,7-8,13H,3,5-6H2,1H3,(H,14,17)(H,15,16). The highest BCUT2D eigenvalue weighted by atomic mass is 16.3. The summed E-state index contributed by atoms with van der Waals surface area (Å²) >= 11 is 0. The van der Waals surface area contributed by atoms with Gasteiger partial charge in [0, 0.05) is 12.6 Å². The maximum atomic E-state index is 11.7. The Kier molecular flexibility index (Phi) is 4.14. The number of carbonyl (C=O) groups excluding carboxylic acids is 1. The molecule has 0 radical (unpaired) electrons. The molecule has 96 valence electrons. The van der Waals surface area contributed by atoms with Gasteiger partial charge in [-0.25, -0.2) is 0 Å². The van der Waals surface area contributed by atoms with E-state index >= 15 is 0 Å². The minimum absolute atomic E-state index is 0.180. The second kappa shape index (κ2) is 6.02. The van der Waals surface area contributed by atoms with E-state index in [9.17, 15) is 4.79 Å². The molecule has 2 aromatic rings. The maximum absolute atomic E-state index is 11.7. The van der Waals surface area contributed by atoms with Crippen molar-refractivity contribution in [2.24, 2.45) is 0 Å². The number of aromatic nitrogens is 2. The van der Waals surface area contributed by atoms with Gasteiger partial charge in [0.15, 0.2) is 11.5 Å². The van der Waals surface area contributed by atoms with Crippen molar-refractivity contribution < 1.29 is 9.21 Å². The molecule has 6 nitrogen and oxygen atoms in total. The number of amides is 1. The van der Waals surface area contributed by atoms with Crippen LogP contribution in [0, 0.1) is 0 Å². The van der Waals surface area contributed by atoms with Crippen molar-refractivity contribution >= 4 is 5.91 Å². The number of aromatic amines is 1. The number of hydrogen-bond acceptors (Lipinski definition) is 4. The van der Waals surface area contributed by atoms with E-state index in [2.05, 4.69) is 20.8 Å². The third-order valence-corrected chi connectivity index (χ3v) is 2.49. The molecule has 0 fully saturated rings. The fourth-order valence-electron chi connectivity index (χ4n) is 1.55. The summed E-state index contributed by atoms with van der Waals surface area (Å²) in [5, 5.41) is 12.6. The summed E-state index contributed by atoms with van der Waals surface area (Å²) in [5.74, 6) is 0.483. The van der Waals surface area contributed by atoms with E-state index in [0.29, 0.717) is 23.7 Å². The normalized spacial score (nSPS) is 10.5. The zero-order valence-electron chi connectivity index (χ0n) is 10.2. The molecular formula is C12H16N4O2. The van der Waals surface area contributed by atoms with Gasteiger partial charge in [-0.15, -0.1) is 0 Å². The number of nitrogens with one attached hydrogen (secondary N) is 3. The highest BCUT2D eigenvalue weighted by Gasteiger charge is 2.11. The summed E-state index contributed by atoms with van der Waals surface area (Å²) in [6.45, 7) is 1.50. The first-order valence-corrected chi connectivity index (χ1v) is 5.83. The smallest absolute Gasteiger partial charge is 0.271 e. The summed E-state index contributed by atoms with van der Waals surface area (Å²) < 4.78 is 5.21. The Hall–Kier alpha value is -2.08. The predicted octanol–water partition coefficient (Wildman–Crippen LogP) is 1.01. The Bertz CT molecular complexity index is 490. The lowest BCUT2D eigenvalue weighted by Gasteiger charge is -2.01. The summed E-state index contributed by atoms with van der Waals surface area (Å²) in [4.78, 5) is 11.7. The van der Waals surface area contributed by atoms with E-state index in [0.717, 1.165) is 13.0 Å². The van der Waals surface area contributed by atoms with E-state index < -0.39 is 0 Å². The number of furan rings is 1. The first-order valence-electron chi connectivity index (χ1n) is 5.83. The lowest BCUT2D eigenvalue weighted by Crippen LogP contribution is -2.26. The van der Waals surface area contributed by atoms with Crippen LogP contribution in [0.1, 0.15) is 16.9 Å². The molecule has 18 heavy (non-hydrogen) atoms. The predicted molar refractivity (Wildman–Crippen MR) is 67.2 cm³/mol. The fraction of sp³-hybridized carbons (Fsp3) is 0.333. The van der Waals surface area contributed by atoms with Gasteiger partial charge < -0.3 is 15.1 Å². The van der Waals surface area contributed by atoms with Crippen LogP contribution in [0.5, 0.6) is 0 Å². The second-order valence-electron chi connectivity index (χ2n) is 3.86. The molecule has 0 unspecified atom stereocenters. The van der Waals surface area contributed by atoms with Crippen molar-refractivity contribution in [1.29, 1.82) is 0 Å². The van der Waals surface area contributed by atoms with Gasteiger partial charge in [-0.2, -0.15) is 5.10 Å². The zero-order valence-corrected chi connectivity index (χ0v) is 10.2. The van der Waals surface area contributed by atoms with E-state index in [1.165, 1.54) is 0 Å². The summed E-state index contributed by atoms with van der Waals surface area (Å²) in [5.41, 5.74) is 1.06. The molecule has 6 heteroatoms.